The van der Waals surface area contributed by atoms with E-state index in [-0.39, 0.29) is 22.0 Å². The first-order valence-electron chi connectivity index (χ1n) is 8.22. The molecule has 0 spiro atoms. The zero-order valence-corrected chi connectivity index (χ0v) is 15.2. The van der Waals surface area contributed by atoms with Crippen molar-refractivity contribution in [2.75, 3.05) is 5.32 Å². The third-order valence-electron chi connectivity index (χ3n) is 4.18. The summed E-state index contributed by atoms with van der Waals surface area (Å²) in [5.74, 6) is -1.60. The molecule has 28 heavy (non-hydrogen) atoms. The van der Waals surface area contributed by atoms with Gasteiger partial charge in [0.25, 0.3) is 11.6 Å². The lowest BCUT2D eigenvalue weighted by atomic mass is 10.0. The number of pyridine rings is 1. The fourth-order valence-electron chi connectivity index (χ4n) is 2.83. The molecule has 4 rings (SSSR count). The summed E-state index contributed by atoms with van der Waals surface area (Å²) in [5.41, 5.74) is 1.73. The summed E-state index contributed by atoms with van der Waals surface area (Å²) in [7, 11) is 0. The molecule has 2 aromatic heterocycles. The molecule has 0 aliphatic carbocycles. The number of hydrogen-bond donors (Lipinski definition) is 1. The molecule has 4 aromatic rings. The van der Waals surface area contributed by atoms with Crippen molar-refractivity contribution in [3.8, 4) is 11.3 Å². The van der Waals surface area contributed by atoms with Gasteiger partial charge in [0.2, 0.25) is 0 Å². The van der Waals surface area contributed by atoms with E-state index in [1.165, 1.54) is 42.5 Å². The van der Waals surface area contributed by atoms with E-state index in [9.17, 15) is 13.6 Å². The number of halogens is 3. The third kappa shape index (κ3) is 3.32. The standard InChI is InChI=1S/C20H12ClF2N3O2/c1-10-18-14(19(27)24-17-8-12(21)4-7-15(17)23)9-16(25-20(18)28-26-10)11-2-5-13(22)6-3-11/h2-9H,1H3,(H,24,27). The highest BCUT2D eigenvalue weighted by Gasteiger charge is 2.20. The molecule has 1 N–H and O–H groups in total. The summed E-state index contributed by atoms with van der Waals surface area (Å²) in [6.45, 7) is 1.67. The van der Waals surface area contributed by atoms with E-state index < -0.39 is 17.5 Å². The van der Waals surface area contributed by atoms with E-state index in [1.54, 1.807) is 6.92 Å². The van der Waals surface area contributed by atoms with Gasteiger partial charge in [0.1, 0.15) is 11.6 Å². The second-order valence-corrected chi connectivity index (χ2v) is 6.52. The van der Waals surface area contributed by atoms with E-state index >= 15 is 0 Å². The second-order valence-electron chi connectivity index (χ2n) is 6.09. The maximum absolute atomic E-state index is 14.0. The highest BCUT2D eigenvalue weighted by molar-refractivity contribution is 6.31. The van der Waals surface area contributed by atoms with E-state index in [0.717, 1.165) is 6.07 Å². The van der Waals surface area contributed by atoms with Crippen LogP contribution in [0.25, 0.3) is 22.4 Å². The summed E-state index contributed by atoms with van der Waals surface area (Å²) in [5, 5.41) is 7.05. The molecule has 0 aliphatic heterocycles. The summed E-state index contributed by atoms with van der Waals surface area (Å²) in [4.78, 5) is 17.3. The van der Waals surface area contributed by atoms with Crippen molar-refractivity contribution in [3.63, 3.8) is 0 Å². The number of aryl methyl sites for hydroxylation is 1. The molecule has 2 heterocycles. The number of carbonyl (C=O) groups excluding carboxylic acids is 1. The normalized spacial score (nSPS) is 11.0. The number of hydrogen-bond acceptors (Lipinski definition) is 4. The summed E-state index contributed by atoms with van der Waals surface area (Å²) >= 11 is 5.88. The highest BCUT2D eigenvalue weighted by atomic mass is 35.5. The Labute approximate surface area is 162 Å². The van der Waals surface area contributed by atoms with Crippen molar-refractivity contribution in [3.05, 3.63) is 76.4 Å². The van der Waals surface area contributed by atoms with E-state index in [0.29, 0.717) is 22.3 Å². The lowest BCUT2D eigenvalue weighted by Gasteiger charge is -2.09. The number of fused-ring (bicyclic) bond motifs is 1. The minimum absolute atomic E-state index is 0.0556. The second kappa shape index (κ2) is 7.01. The maximum atomic E-state index is 14.0. The monoisotopic (exact) mass is 399 g/mol. The van der Waals surface area contributed by atoms with Gasteiger partial charge in [-0.05, 0) is 55.5 Å². The Balaban J connectivity index is 1.82. The molecule has 0 aliphatic rings. The molecule has 140 valence electrons. The van der Waals surface area contributed by atoms with Crippen LogP contribution in [0.5, 0.6) is 0 Å². The SMILES string of the molecule is Cc1noc2nc(-c3ccc(F)cc3)cc(C(=O)Nc3cc(Cl)ccc3F)c12. The Bertz CT molecular complexity index is 1210. The minimum atomic E-state index is -0.621. The molecule has 0 radical (unpaired) electrons. The predicted molar refractivity (Wildman–Crippen MR) is 101 cm³/mol. The van der Waals surface area contributed by atoms with Gasteiger partial charge >= 0.3 is 0 Å². The van der Waals surface area contributed by atoms with Crippen molar-refractivity contribution in [2.45, 2.75) is 6.92 Å². The lowest BCUT2D eigenvalue weighted by Crippen LogP contribution is -2.14. The van der Waals surface area contributed by atoms with Crippen molar-refractivity contribution < 1.29 is 18.1 Å². The molecule has 8 heteroatoms. The van der Waals surface area contributed by atoms with Crippen LogP contribution in [0.3, 0.4) is 0 Å². The van der Waals surface area contributed by atoms with Crippen molar-refractivity contribution in [1.82, 2.24) is 10.1 Å². The van der Waals surface area contributed by atoms with Crippen LogP contribution in [0.4, 0.5) is 14.5 Å². The molecule has 0 unspecified atom stereocenters. The lowest BCUT2D eigenvalue weighted by molar-refractivity contribution is 0.102. The van der Waals surface area contributed by atoms with Gasteiger partial charge in [-0.3, -0.25) is 4.79 Å². The van der Waals surface area contributed by atoms with E-state index in [2.05, 4.69) is 15.5 Å². The van der Waals surface area contributed by atoms with Crippen LogP contribution in [0.15, 0.2) is 53.1 Å². The molecule has 0 saturated heterocycles. The van der Waals surface area contributed by atoms with E-state index in [4.69, 9.17) is 16.1 Å². The average molecular weight is 400 g/mol. The fourth-order valence-corrected chi connectivity index (χ4v) is 3.00. The molecular weight excluding hydrogens is 388 g/mol. The first kappa shape index (κ1) is 18.1. The quantitative estimate of drug-likeness (QED) is 0.502. The van der Waals surface area contributed by atoms with Crippen molar-refractivity contribution in [2.24, 2.45) is 0 Å². The van der Waals surface area contributed by atoms with Crippen LogP contribution in [0.1, 0.15) is 16.1 Å². The number of carbonyl (C=O) groups is 1. The molecular formula is C20H12ClF2N3O2. The van der Waals surface area contributed by atoms with Crippen LogP contribution in [-0.2, 0) is 0 Å². The van der Waals surface area contributed by atoms with Crippen LogP contribution in [0, 0.1) is 18.6 Å². The third-order valence-corrected chi connectivity index (χ3v) is 4.41. The number of anilines is 1. The summed E-state index contributed by atoms with van der Waals surface area (Å²) < 4.78 is 32.4. The first-order chi connectivity index (χ1) is 13.4. The van der Waals surface area contributed by atoms with Crippen molar-refractivity contribution in [1.29, 1.82) is 0 Å². The van der Waals surface area contributed by atoms with Crippen LogP contribution in [0.2, 0.25) is 5.02 Å². The average Bonchev–Trinajstić information content (AvgIpc) is 3.05. The van der Waals surface area contributed by atoms with Gasteiger partial charge in [0.05, 0.1) is 28.0 Å². The predicted octanol–water partition coefficient (Wildman–Crippen LogP) is 5.38. The van der Waals surface area contributed by atoms with Gasteiger partial charge in [0.15, 0.2) is 0 Å². The number of rotatable bonds is 3. The number of nitrogens with one attached hydrogen (secondary N) is 1. The van der Waals surface area contributed by atoms with E-state index in [1.807, 2.05) is 0 Å². The first-order valence-corrected chi connectivity index (χ1v) is 8.59. The Hall–Kier alpha value is -3.32. The zero-order valence-electron chi connectivity index (χ0n) is 14.5. The molecule has 1 amide bonds. The van der Waals surface area contributed by atoms with Gasteiger partial charge < -0.3 is 9.84 Å². The summed E-state index contributed by atoms with van der Waals surface area (Å²) in [6.07, 6.45) is 0. The van der Waals surface area contributed by atoms with Crippen LogP contribution < -0.4 is 5.32 Å². The zero-order chi connectivity index (χ0) is 19.8. The summed E-state index contributed by atoms with van der Waals surface area (Å²) in [6, 6.07) is 11.0. The Morgan fingerprint density at radius 3 is 2.61 bits per heavy atom. The smallest absolute Gasteiger partial charge is 0.259 e. The maximum Gasteiger partial charge on any atom is 0.259 e. The Morgan fingerprint density at radius 2 is 1.86 bits per heavy atom. The Kier molecular flexibility index (Phi) is 4.52. The topological polar surface area (TPSA) is 68.0 Å². The molecule has 0 atom stereocenters. The van der Waals surface area contributed by atoms with Gasteiger partial charge in [-0.1, -0.05) is 16.8 Å². The molecule has 0 fully saturated rings. The molecule has 5 nitrogen and oxygen atoms in total. The van der Waals surface area contributed by atoms with Gasteiger partial charge in [0, 0.05) is 10.6 Å². The van der Waals surface area contributed by atoms with Crippen LogP contribution in [-0.4, -0.2) is 16.0 Å². The molecule has 0 bridgehead atoms. The van der Waals surface area contributed by atoms with Gasteiger partial charge in [-0.15, -0.1) is 0 Å². The molecule has 2 aromatic carbocycles. The number of amides is 1. The number of benzene rings is 2. The molecule has 0 saturated carbocycles. The van der Waals surface area contributed by atoms with Crippen molar-refractivity contribution >= 4 is 34.3 Å². The van der Waals surface area contributed by atoms with Crippen LogP contribution >= 0.6 is 11.6 Å². The largest absolute Gasteiger partial charge is 0.335 e. The minimum Gasteiger partial charge on any atom is -0.335 e. The number of nitrogens with zero attached hydrogens (tertiary/aromatic N) is 2. The van der Waals surface area contributed by atoms with Gasteiger partial charge in [-0.25, -0.2) is 13.8 Å². The van der Waals surface area contributed by atoms with Gasteiger partial charge in [-0.2, -0.15) is 0 Å². The Morgan fingerprint density at radius 1 is 1.11 bits per heavy atom. The fraction of sp³-hybridized carbons (Fsp3) is 0.0500. The highest BCUT2D eigenvalue weighted by Crippen LogP contribution is 2.28. The number of aromatic nitrogens is 2.